The maximum absolute atomic E-state index is 11.2. The summed E-state index contributed by atoms with van der Waals surface area (Å²) in [5.74, 6) is 0.702. The van der Waals surface area contributed by atoms with Crippen molar-refractivity contribution in [3.05, 3.63) is 47.0 Å². The molecule has 2 rings (SSSR count). The number of methoxy groups -OCH3 is 1. The van der Waals surface area contributed by atoms with Crippen molar-refractivity contribution in [2.24, 2.45) is 10.2 Å². The molecule has 0 bridgehead atoms. The van der Waals surface area contributed by atoms with Crippen LogP contribution in [0, 0.1) is 20.8 Å². The number of ether oxygens (including phenoxy) is 1. The zero-order valence-corrected chi connectivity index (χ0v) is 14.2. The molecule has 0 fully saturated rings. The molecule has 0 aliphatic heterocycles. The lowest BCUT2D eigenvalue weighted by atomic mass is 10.1. The standard InChI is InChI=1S/C16H18N2O4S/c1-10-5-6-13(23(19,20)21)8-14(10)17-18-15-9-16(22-4)12(3)7-11(15)2/h5-9H,1-4H3,(H,19,20,21). The van der Waals surface area contributed by atoms with Crippen LogP contribution in [0.5, 0.6) is 5.75 Å². The van der Waals surface area contributed by atoms with Crippen molar-refractivity contribution in [3.63, 3.8) is 0 Å². The smallest absolute Gasteiger partial charge is 0.294 e. The zero-order valence-electron chi connectivity index (χ0n) is 13.4. The molecule has 0 amide bonds. The molecule has 0 aromatic heterocycles. The van der Waals surface area contributed by atoms with Crippen molar-refractivity contribution in [1.29, 1.82) is 0 Å². The topological polar surface area (TPSA) is 88.3 Å². The van der Waals surface area contributed by atoms with Gasteiger partial charge in [0.1, 0.15) is 5.75 Å². The predicted octanol–water partition coefficient (Wildman–Crippen LogP) is 4.28. The molecule has 0 atom stereocenters. The van der Waals surface area contributed by atoms with Crippen molar-refractivity contribution in [1.82, 2.24) is 0 Å². The third kappa shape index (κ3) is 3.94. The second-order valence-electron chi connectivity index (χ2n) is 5.23. The largest absolute Gasteiger partial charge is 0.496 e. The molecule has 0 heterocycles. The molecule has 0 aliphatic rings. The van der Waals surface area contributed by atoms with E-state index in [0.29, 0.717) is 17.1 Å². The van der Waals surface area contributed by atoms with Gasteiger partial charge in [-0.05, 0) is 49.6 Å². The Bertz CT molecular complexity index is 874. The average Bonchev–Trinajstić information content (AvgIpc) is 2.46. The first-order chi connectivity index (χ1) is 10.7. The molecule has 122 valence electrons. The number of benzene rings is 2. The summed E-state index contributed by atoms with van der Waals surface area (Å²) in [5, 5.41) is 8.29. The van der Waals surface area contributed by atoms with Gasteiger partial charge in [-0.3, -0.25) is 4.55 Å². The Morgan fingerprint density at radius 1 is 0.913 bits per heavy atom. The monoisotopic (exact) mass is 334 g/mol. The minimum atomic E-state index is -4.27. The Morgan fingerprint density at radius 3 is 2.09 bits per heavy atom. The minimum Gasteiger partial charge on any atom is -0.496 e. The van der Waals surface area contributed by atoms with Crippen molar-refractivity contribution in [2.75, 3.05) is 7.11 Å². The predicted molar refractivity (Wildman–Crippen MR) is 87.6 cm³/mol. The van der Waals surface area contributed by atoms with E-state index in [-0.39, 0.29) is 4.90 Å². The highest BCUT2D eigenvalue weighted by molar-refractivity contribution is 7.85. The molecule has 2 aromatic carbocycles. The van der Waals surface area contributed by atoms with E-state index in [4.69, 9.17) is 9.29 Å². The highest BCUT2D eigenvalue weighted by Gasteiger charge is 2.11. The summed E-state index contributed by atoms with van der Waals surface area (Å²) in [6.07, 6.45) is 0. The van der Waals surface area contributed by atoms with Crippen LogP contribution >= 0.6 is 0 Å². The van der Waals surface area contributed by atoms with E-state index in [1.807, 2.05) is 19.9 Å². The van der Waals surface area contributed by atoms with Gasteiger partial charge in [0.05, 0.1) is 23.4 Å². The molecule has 6 nitrogen and oxygen atoms in total. The highest BCUT2D eigenvalue weighted by atomic mass is 32.2. The molecule has 0 saturated carbocycles. The van der Waals surface area contributed by atoms with Crippen molar-refractivity contribution in [3.8, 4) is 5.75 Å². The Labute approximate surface area is 135 Å². The van der Waals surface area contributed by atoms with Crippen LogP contribution in [0.15, 0.2) is 45.5 Å². The minimum absolute atomic E-state index is 0.213. The number of aryl methyl sites for hydroxylation is 3. The molecular weight excluding hydrogens is 316 g/mol. The van der Waals surface area contributed by atoms with Gasteiger partial charge in [0, 0.05) is 6.07 Å². The Morgan fingerprint density at radius 2 is 1.52 bits per heavy atom. The summed E-state index contributed by atoms with van der Waals surface area (Å²) >= 11 is 0. The van der Waals surface area contributed by atoms with Crippen LogP contribution in [-0.2, 0) is 10.1 Å². The lowest BCUT2D eigenvalue weighted by molar-refractivity contribution is 0.411. The number of azo groups is 1. The Balaban J connectivity index is 2.45. The third-order valence-electron chi connectivity index (χ3n) is 3.46. The van der Waals surface area contributed by atoms with Gasteiger partial charge in [-0.1, -0.05) is 12.1 Å². The molecule has 0 spiro atoms. The van der Waals surface area contributed by atoms with Gasteiger partial charge < -0.3 is 4.74 Å². The van der Waals surface area contributed by atoms with Crippen LogP contribution in [0.2, 0.25) is 0 Å². The molecule has 23 heavy (non-hydrogen) atoms. The maximum Gasteiger partial charge on any atom is 0.294 e. The first kappa shape index (κ1) is 17.1. The highest BCUT2D eigenvalue weighted by Crippen LogP contribution is 2.31. The lowest BCUT2D eigenvalue weighted by Crippen LogP contribution is -1.97. The van der Waals surface area contributed by atoms with Crippen LogP contribution in [0.1, 0.15) is 16.7 Å². The summed E-state index contributed by atoms with van der Waals surface area (Å²) in [4.78, 5) is -0.213. The zero-order chi connectivity index (χ0) is 17.2. The van der Waals surface area contributed by atoms with Crippen LogP contribution in [0.4, 0.5) is 11.4 Å². The van der Waals surface area contributed by atoms with Crippen LogP contribution in [0.25, 0.3) is 0 Å². The first-order valence-corrected chi connectivity index (χ1v) is 8.31. The number of nitrogens with zero attached hydrogens (tertiary/aromatic N) is 2. The molecule has 0 saturated heterocycles. The van der Waals surface area contributed by atoms with Gasteiger partial charge in [0.25, 0.3) is 10.1 Å². The average molecular weight is 334 g/mol. The molecular formula is C16H18N2O4S. The number of hydrogen-bond donors (Lipinski definition) is 1. The summed E-state index contributed by atoms with van der Waals surface area (Å²) in [5.41, 5.74) is 3.67. The van der Waals surface area contributed by atoms with Crippen LogP contribution in [-0.4, -0.2) is 20.1 Å². The van der Waals surface area contributed by atoms with Crippen molar-refractivity contribution >= 4 is 21.5 Å². The van der Waals surface area contributed by atoms with E-state index < -0.39 is 10.1 Å². The van der Waals surface area contributed by atoms with Gasteiger partial charge in [0.2, 0.25) is 0 Å². The summed E-state index contributed by atoms with van der Waals surface area (Å²) in [6, 6.07) is 7.89. The number of hydrogen-bond acceptors (Lipinski definition) is 5. The van der Waals surface area contributed by atoms with Gasteiger partial charge in [-0.2, -0.15) is 18.6 Å². The second-order valence-corrected chi connectivity index (χ2v) is 6.65. The van der Waals surface area contributed by atoms with Crippen LogP contribution < -0.4 is 4.74 Å². The molecule has 7 heteroatoms. The Kier molecular flexibility index (Phi) is 4.82. The molecule has 0 radical (unpaired) electrons. The van der Waals surface area contributed by atoms with E-state index in [9.17, 15) is 8.42 Å². The molecule has 1 N–H and O–H groups in total. The van der Waals surface area contributed by atoms with Crippen molar-refractivity contribution in [2.45, 2.75) is 25.7 Å². The van der Waals surface area contributed by atoms with E-state index in [1.54, 1.807) is 26.2 Å². The Hall–Kier alpha value is -2.25. The second kappa shape index (κ2) is 6.47. The molecule has 0 unspecified atom stereocenters. The van der Waals surface area contributed by atoms with E-state index in [1.165, 1.54) is 12.1 Å². The summed E-state index contributed by atoms with van der Waals surface area (Å²) < 4.78 is 36.8. The van der Waals surface area contributed by atoms with Gasteiger partial charge in [-0.25, -0.2) is 0 Å². The lowest BCUT2D eigenvalue weighted by Gasteiger charge is -2.08. The van der Waals surface area contributed by atoms with E-state index >= 15 is 0 Å². The van der Waals surface area contributed by atoms with Crippen molar-refractivity contribution < 1.29 is 17.7 Å². The summed E-state index contributed by atoms with van der Waals surface area (Å²) in [6.45, 7) is 5.62. The van der Waals surface area contributed by atoms with E-state index in [2.05, 4.69) is 10.2 Å². The third-order valence-corrected chi connectivity index (χ3v) is 4.31. The summed E-state index contributed by atoms with van der Waals surface area (Å²) in [7, 11) is -2.69. The SMILES string of the molecule is COc1cc(N=Nc2cc(S(=O)(=O)O)ccc2C)c(C)cc1C. The van der Waals surface area contributed by atoms with Crippen LogP contribution in [0.3, 0.4) is 0 Å². The number of rotatable bonds is 4. The van der Waals surface area contributed by atoms with Gasteiger partial charge in [0.15, 0.2) is 0 Å². The fraction of sp³-hybridized carbons (Fsp3) is 0.250. The fourth-order valence-electron chi connectivity index (χ4n) is 2.11. The maximum atomic E-state index is 11.2. The quantitative estimate of drug-likeness (QED) is 0.667. The van der Waals surface area contributed by atoms with E-state index in [0.717, 1.165) is 16.7 Å². The molecule has 2 aromatic rings. The molecule has 0 aliphatic carbocycles. The first-order valence-electron chi connectivity index (χ1n) is 6.87. The van der Waals surface area contributed by atoms with Gasteiger partial charge >= 0.3 is 0 Å². The van der Waals surface area contributed by atoms with Gasteiger partial charge in [-0.15, -0.1) is 0 Å². The fourth-order valence-corrected chi connectivity index (χ4v) is 2.62. The normalized spacial score (nSPS) is 11.9.